The van der Waals surface area contributed by atoms with Gasteiger partial charge < -0.3 is 10.2 Å². The highest BCUT2D eigenvalue weighted by Crippen LogP contribution is 2.50. The molecule has 2 nitrogen and oxygen atoms in total. The third kappa shape index (κ3) is 2.56. The molecule has 0 heterocycles. The molecular weight excluding hydrogens is 353 g/mol. The monoisotopic (exact) mass is 356 g/mol. The zero-order valence-electron chi connectivity index (χ0n) is 9.02. The fourth-order valence-electron chi connectivity index (χ4n) is 1.57. The summed E-state index contributed by atoms with van der Waals surface area (Å²) < 4.78 is 0. The van der Waals surface area contributed by atoms with Crippen molar-refractivity contribution in [2.75, 3.05) is 0 Å². The molecule has 0 aromatic heterocycles. The number of aromatic hydroxyl groups is 2. The molecule has 0 atom stereocenters. The number of rotatable bonds is 1. The zero-order chi connectivity index (χ0) is 14.3. The average molecular weight is 358 g/mol. The minimum Gasteiger partial charge on any atom is -0.508 e. The number of halogens is 5. The largest absolute Gasteiger partial charge is 0.508 e. The van der Waals surface area contributed by atoms with E-state index in [-0.39, 0.29) is 42.2 Å². The van der Waals surface area contributed by atoms with Crippen molar-refractivity contribution >= 4 is 58.0 Å². The molecule has 0 saturated carbocycles. The van der Waals surface area contributed by atoms with Crippen LogP contribution in [0, 0.1) is 0 Å². The van der Waals surface area contributed by atoms with Crippen molar-refractivity contribution in [1.29, 1.82) is 0 Å². The minimum atomic E-state index is -0.325. The molecule has 0 bridgehead atoms. The van der Waals surface area contributed by atoms with Crippen LogP contribution in [0.15, 0.2) is 18.2 Å². The lowest BCUT2D eigenvalue weighted by Crippen LogP contribution is -1.87. The average Bonchev–Trinajstić information content (AvgIpc) is 2.37. The lowest BCUT2D eigenvalue weighted by atomic mass is 10.0. The summed E-state index contributed by atoms with van der Waals surface area (Å²) in [5, 5.41) is 19.5. The maximum Gasteiger partial charge on any atom is 0.145 e. The zero-order valence-corrected chi connectivity index (χ0v) is 12.8. The summed E-state index contributed by atoms with van der Waals surface area (Å²) in [6.07, 6.45) is 0. The molecule has 2 rings (SSSR count). The van der Waals surface area contributed by atoms with Crippen LogP contribution in [0.2, 0.25) is 25.1 Å². The maximum absolute atomic E-state index is 10.1. The molecule has 0 amide bonds. The Kier molecular flexibility index (Phi) is 4.29. The van der Waals surface area contributed by atoms with Gasteiger partial charge in [0.25, 0.3) is 0 Å². The Morgan fingerprint density at radius 1 is 0.737 bits per heavy atom. The van der Waals surface area contributed by atoms with Gasteiger partial charge in [0.15, 0.2) is 0 Å². The molecule has 0 fully saturated rings. The summed E-state index contributed by atoms with van der Waals surface area (Å²) in [5.41, 5.74) is 0.536. The molecule has 7 heteroatoms. The smallest absolute Gasteiger partial charge is 0.145 e. The Morgan fingerprint density at radius 3 is 1.89 bits per heavy atom. The number of phenolic OH excluding ortho intramolecular Hbond substituents is 2. The van der Waals surface area contributed by atoms with E-state index in [9.17, 15) is 10.2 Å². The van der Waals surface area contributed by atoms with E-state index in [4.69, 9.17) is 58.0 Å². The first kappa shape index (κ1) is 14.9. The lowest BCUT2D eigenvalue weighted by molar-refractivity contribution is 0.474. The summed E-state index contributed by atoms with van der Waals surface area (Å²) in [6.45, 7) is 0. The summed E-state index contributed by atoms with van der Waals surface area (Å²) in [5.74, 6) is -0.343. The van der Waals surface area contributed by atoms with Crippen molar-refractivity contribution in [3.8, 4) is 22.6 Å². The van der Waals surface area contributed by atoms with Crippen LogP contribution in [0.4, 0.5) is 0 Å². The van der Waals surface area contributed by atoms with Gasteiger partial charge in [0.2, 0.25) is 0 Å². The number of hydrogen-bond acceptors (Lipinski definition) is 2. The maximum atomic E-state index is 10.1. The van der Waals surface area contributed by atoms with Gasteiger partial charge in [0.1, 0.15) is 16.5 Å². The first-order valence-corrected chi connectivity index (χ1v) is 6.77. The topological polar surface area (TPSA) is 40.5 Å². The molecular formula is C12H5Cl5O2. The van der Waals surface area contributed by atoms with Gasteiger partial charge >= 0.3 is 0 Å². The van der Waals surface area contributed by atoms with Crippen molar-refractivity contribution in [2.45, 2.75) is 0 Å². The van der Waals surface area contributed by atoms with Gasteiger partial charge in [-0.15, -0.1) is 0 Å². The van der Waals surface area contributed by atoms with Crippen LogP contribution in [0.5, 0.6) is 11.5 Å². The summed E-state index contributed by atoms with van der Waals surface area (Å²) in [7, 11) is 0. The van der Waals surface area contributed by atoms with Crippen molar-refractivity contribution in [3.05, 3.63) is 43.3 Å². The van der Waals surface area contributed by atoms with Gasteiger partial charge in [-0.25, -0.2) is 0 Å². The molecule has 19 heavy (non-hydrogen) atoms. The molecule has 100 valence electrons. The van der Waals surface area contributed by atoms with E-state index in [1.165, 1.54) is 18.2 Å². The molecule has 0 spiro atoms. The molecule has 0 aliphatic rings. The molecule has 0 aliphatic heterocycles. The number of phenols is 2. The van der Waals surface area contributed by atoms with E-state index >= 15 is 0 Å². The highest BCUT2D eigenvalue weighted by Gasteiger charge is 2.22. The highest BCUT2D eigenvalue weighted by atomic mass is 35.5. The summed E-state index contributed by atoms with van der Waals surface area (Å²) in [4.78, 5) is 0. The van der Waals surface area contributed by atoms with Crippen LogP contribution >= 0.6 is 58.0 Å². The Balaban J connectivity index is 2.83. The molecule has 2 aromatic rings. The first-order chi connectivity index (χ1) is 8.84. The van der Waals surface area contributed by atoms with E-state index in [1.807, 2.05) is 0 Å². The van der Waals surface area contributed by atoms with Gasteiger partial charge in [0.05, 0.1) is 20.1 Å². The SMILES string of the molecule is Oc1ccc(-c2c(O)c(Cl)c(Cl)c(Cl)c2Cl)c(Cl)c1. The molecule has 2 N–H and O–H groups in total. The number of hydrogen-bond donors (Lipinski definition) is 2. The standard InChI is InChI=1S/C12H5Cl5O2/c13-6-3-4(18)1-2-5(6)7-8(14)9(15)10(16)11(17)12(7)19/h1-3,18-19H. The highest BCUT2D eigenvalue weighted by molar-refractivity contribution is 6.53. The molecule has 2 aromatic carbocycles. The predicted molar refractivity (Wildman–Crippen MR) is 80.3 cm³/mol. The van der Waals surface area contributed by atoms with Crippen molar-refractivity contribution in [1.82, 2.24) is 0 Å². The third-order valence-corrected chi connectivity index (χ3v) is 4.57. The fourth-order valence-corrected chi connectivity index (χ4v) is 2.79. The number of benzene rings is 2. The van der Waals surface area contributed by atoms with Gasteiger partial charge in [-0.3, -0.25) is 0 Å². The Labute approximate surface area is 134 Å². The van der Waals surface area contributed by atoms with Crippen LogP contribution in [0.25, 0.3) is 11.1 Å². The van der Waals surface area contributed by atoms with Crippen LogP contribution in [0.1, 0.15) is 0 Å². The predicted octanol–water partition coefficient (Wildman–Crippen LogP) is 6.03. The fraction of sp³-hybridized carbons (Fsp3) is 0. The van der Waals surface area contributed by atoms with Crippen molar-refractivity contribution < 1.29 is 10.2 Å². The second-order valence-corrected chi connectivity index (χ2v) is 5.56. The quantitative estimate of drug-likeness (QED) is 0.482. The van der Waals surface area contributed by atoms with Crippen LogP contribution in [-0.4, -0.2) is 10.2 Å². The Morgan fingerprint density at radius 2 is 1.32 bits per heavy atom. The normalized spacial score (nSPS) is 10.8. The Hall–Kier alpha value is -0.510. The molecule has 0 unspecified atom stereocenters. The van der Waals surface area contributed by atoms with Gasteiger partial charge in [0, 0.05) is 11.1 Å². The van der Waals surface area contributed by atoms with Crippen LogP contribution < -0.4 is 0 Å². The van der Waals surface area contributed by atoms with Crippen molar-refractivity contribution in [3.63, 3.8) is 0 Å². The van der Waals surface area contributed by atoms with Gasteiger partial charge in [-0.05, 0) is 18.2 Å². The summed E-state index contributed by atoms with van der Waals surface area (Å²) in [6, 6.07) is 4.19. The Bertz CT molecular complexity index is 641. The van der Waals surface area contributed by atoms with E-state index in [0.717, 1.165) is 0 Å². The van der Waals surface area contributed by atoms with E-state index in [0.29, 0.717) is 5.56 Å². The van der Waals surface area contributed by atoms with Gasteiger partial charge in [-0.1, -0.05) is 58.0 Å². The van der Waals surface area contributed by atoms with Crippen molar-refractivity contribution in [2.24, 2.45) is 0 Å². The lowest BCUT2D eigenvalue weighted by Gasteiger charge is -2.13. The molecule has 0 aliphatic carbocycles. The minimum absolute atomic E-state index is 0.0180. The third-order valence-electron chi connectivity index (χ3n) is 2.46. The van der Waals surface area contributed by atoms with E-state index in [2.05, 4.69) is 0 Å². The first-order valence-electron chi connectivity index (χ1n) is 4.88. The van der Waals surface area contributed by atoms with E-state index in [1.54, 1.807) is 0 Å². The molecule has 0 saturated heterocycles. The van der Waals surface area contributed by atoms with Crippen LogP contribution in [0.3, 0.4) is 0 Å². The summed E-state index contributed by atoms with van der Waals surface area (Å²) >= 11 is 29.7. The van der Waals surface area contributed by atoms with Gasteiger partial charge in [-0.2, -0.15) is 0 Å². The van der Waals surface area contributed by atoms with E-state index < -0.39 is 0 Å². The second kappa shape index (κ2) is 5.47. The molecule has 0 radical (unpaired) electrons. The second-order valence-electron chi connectivity index (χ2n) is 3.64. The van der Waals surface area contributed by atoms with Crippen LogP contribution in [-0.2, 0) is 0 Å².